The van der Waals surface area contributed by atoms with Crippen molar-refractivity contribution in [3.05, 3.63) is 10.1 Å². The molecular weight excluding hydrogens is 281 g/mol. The minimum Gasteiger partial charge on any atom is -0.378 e. The van der Waals surface area contributed by atoms with Crippen LogP contribution in [0.25, 0.3) is 0 Å². The lowest BCUT2D eigenvalue weighted by molar-refractivity contribution is -0.498. The molecule has 0 saturated carbocycles. The van der Waals surface area contributed by atoms with E-state index in [0.717, 1.165) is 6.42 Å². The molecule has 18 heavy (non-hydrogen) atoms. The van der Waals surface area contributed by atoms with E-state index in [4.69, 9.17) is 33.3 Å². The van der Waals surface area contributed by atoms with Gasteiger partial charge < -0.3 is 9.64 Å². The van der Waals surface area contributed by atoms with Crippen LogP contribution in [0.1, 0.15) is 20.3 Å². The maximum absolute atomic E-state index is 10.7. The van der Waals surface area contributed by atoms with Gasteiger partial charge in [0.2, 0.25) is 5.84 Å². The highest BCUT2D eigenvalue weighted by molar-refractivity contribution is 6.56. The first-order chi connectivity index (χ1) is 8.28. The predicted octanol–water partition coefficient (Wildman–Crippen LogP) is 2.12. The number of amidine groups is 1. The lowest BCUT2D eigenvalue weighted by atomic mass is 10.1. The number of rotatable bonds is 5. The van der Waals surface area contributed by atoms with Crippen LogP contribution in [0.15, 0.2) is 0 Å². The first kappa shape index (κ1) is 15.5. The summed E-state index contributed by atoms with van der Waals surface area (Å²) in [6.07, 6.45) is 1.06. The highest BCUT2D eigenvalue weighted by Gasteiger charge is 2.46. The molecule has 1 aliphatic rings. The van der Waals surface area contributed by atoms with Gasteiger partial charge in [-0.05, 0) is 43.5 Å². The van der Waals surface area contributed by atoms with Crippen LogP contribution in [-0.4, -0.2) is 45.9 Å². The molecule has 0 aliphatic carbocycles. The minimum atomic E-state index is -2.39. The van der Waals surface area contributed by atoms with Crippen LogP contribution < -0.4 is 0 Å². The second-order valence-corrected chi connectivity index (χ2v) is 5.72. The van der Waals surface area contributed by atoms with Gasteiger partial charge in [-0.15, -0.1) is 0 Å². The van der Waals surface area contributed by atoms with Gasteiger partial charge in [-0.2, -0.15) is 0 Å². The zero-order chi connectivity index (χ0) is 13.9. The van der Waals surface area contributed by atoms with Crippen LogP contribution in [0.5, 0.6) is 0 Å². The predicted molar refractivity (Wildman–Crippen MR) is 69.9 cm³/mol. The van der Waals surface area contributed by atoms with Crippen LogP contribution in [0, 0.1) is 21.4 Å². The van der Waals surface area contributed by atoms with Crippen molar-refractivity contribution in [2.45, 2.75) is 30.8 Å². The number of alkyl halides is 2. The average Bonchev–Trinajstić information content (AvgIpc) is 2.70. The normalized spacial score (nSPS) is 24.0. The van der Waals surface area contributed by atoms with Crippen molar-refractivity contribution < 1.29 is 9.66 Å². The van der Waals surface area contributed by atoms with Crippen molar-refractivity contribution in [1.29, 1.82) is 5.41 Å². The van der Waals surface area contributed by atoms with Crippen LogP contribution >= 0.6 is 23.2 Å². The van der Waals surface area contributed by atoms with Crippen LogP contribution in [0.3, 0.4) is 0 Å². The van der Waals surface area contributed by atoms with Crippen molar-refractivity contribution in [3.63, 3.8) is 0 Å². The Morgan fingerprint density at radius 1 is 1.67 bits per heavy atom. The van der Waals surface area contributed by atoms with E-state index in [-0.39, 0.29) is 12.0 Å². The van der Waals surface area contributed by atoms with Gasteiger partial charge in [-0.3, -0.25) is 15.5 Å². The smallest absolute Gasteiger partial charge is 0.378 e. The third-order valence-corrected chi connectivity index (χ3v) is 3.61. The summed E-state index contributed by atoms with van der Waals surface area (Å²) in [5.74, 6) is -0.144. The van der Waals surface area contributed by atoms with E-state index < -0.39 is 15.2 Å². The Bertz CT molecular complexity index is 338. The molecule has 0 aromatic carbocycles. The number of nitrogens with zero attached hydrogens (tertiary/aromatic N) is 2. The summed E-state index contributed by atoms with van der Waals surface area (Å²) in [5.41, 5.74) is 0. The topological polar surface area (TPSA) is 79.5 Å². The molecule has 0 amide bonds. The van der Waals surface area contributed by atoms with Gasteiger partial charge in [0, 0.05) is 19.0 Å². The number of halogens is 2. The van der Waals surface area contributed by atoms with Gasteiger partial charge in [0.05, 0.1) is 17.6 Å². The average molecular weight is 298 g/mol. The Kier molecular flexibility index (Phi) is 5.19. The van der Waals surface area contributed by atoms with Crippen LogP contribution in [0.4, 0.5) is 0 Å². The molecule has 0 spiro atoms. The largest absolute Gasteiger partial charge is 0.427 e. The quantitative estimate of drug-likeness (QED) is 0.210. The van der Waals surface area contributed by atoms with Gasteiger partial charge in [0.25, 0.3) is 0 Å². The number of hydrogen-bond acceptors (Lipinski definition) is 4. The molecular formula is C10H17Cl2N3O3. The zero-order valence-electron chi connectivity index (χ0n) is 10.4. The van der Waals surface area contributed by atoms with Crippen molar-refractivity contribution >= 4 is 29.0 Å². The number of nitrogens with one attached hydrogen (secondary N) is 1. The molecule has 6 nitrogen and oxygen atoms in total. The fourth-order valence-corrected chi connectivity index (χ4v) is 2.24. The lowest BCUT2D eigenvalue weighted by Crippen LogP contribution is -2.47. The van der Waals surface area contributed by atoms with Crippen molar-refractivity contribution in [1.82, 2.24) is 4.90 Å². The summed E-state index contributed by atoms with van der Waals surface area (Å²) in [6, 6.07) is 0. The van der Waals surface area contributed by atoms with Gasteiger partial charge in [-0.1, -0.05) is 0 Å². The standard InChI is InChI=1S/C10H17Cl2N3O3/c1-3-14(5-8-4-7(2)18-6-8)9(13)10(11,12)15(16)17/h7-8,13H,3-6H2,1-2H3. The molecule has 1 N–H and O–H groups in total. The molecule has 0 aromatic rings. The van der Waals surface area contributed by atoms with Gasteiger partial charge >= 0.3 is 4.46 Å². The lowest BCUT2D eigenvalue weighted by Gasteiger charge is -2.27. The monoisotopic (exact) mass is 297 g/mol. The van der Waals surface area contributed by atoms with Crippen molar-refractivity contribution in [2.24, 2.45) is 5.92 Å². The van der Waals surface area contributed by atoms with Crippen molar-refractivity contribution in [3.8, 4) is 0 Å². The molecule has 0 bridgehead atoms. The molecule has 1 aliphatic heterocycles. The summed E-state index contributed by atoms with van der Waals surface area (Å²) in [7, 11) is 0. The van der Waals surface area contributed by atoms with Gasteiger partial charge in [0.15, 0.2) is 0 Å². The summed E-state index contributed by atoms with van der Waals surface area (Å²) in [4.78, 5) is 11.4. The van der Waals surface area contributed by atoms with Crippen LogP contribution in [-0.2, 0) is 4.74 Å². The summed E-state index contributed by atoms with van der Waals surface area (Å²) < 4.78 is 3.04. The number of likely N-dealkylation sites (N-methyl/N-ethyl adjacent to an activating group) is 1. The second kappa shape index (κ2) is 6.04. The Morgan fingerprint density at radius 2 is 2.28 bits per heavy atom. The number of hydrogen-bond donors (Lipinski definition) is 1. The summed E-state index contributed by atoms with van der Waals surface area (Å²) >= 11 is 11.2. The van der Waals surface area contributed by atoms with E-state index in [1.165, 1.54) is 4.90 Å². The van der Waals surface area contributed by atoms with E-state index in [9.17, 15) is 10.1 Å². The fourth-order valence-electron chi connectivity index (χ4n) is 2.00. The Morgan fingerprint density at radius 3 is 2.67 bits per heavy atom. The first-order valence-electron chi connectivity index (χ1n) is 5.76. The Balaban J connectivity index is 2.66. The molecule has 2 atom stereocenters. The molecule has 0 radical (unpaired) electrons. The summed E-state index contributed by atoms with van der Waals surface area (Å²) in [6.45, 7) is 5.32. The maximum Gasteiger partial charge on any atom is 0.427 e. The minimum absolute atomic E-state index is 0.190. The molecule has 1 fully saturated rings. The van der Waals surface area contributed by atoms with Gasteiger partial charge in [-0.25, -0.2) is 0 Å². The molecule has 0 aromatic heterocycles. The van der Waals surface area contributed by atoms with E-state index in [1.807, 2.05) is 6.92 Å². The maximum atomic E-state index is 10.7. The fraction of sp³-hybridized carbons (Fsp3) is 0.900. The zero-order valence-corrected chi connectivity index (χ0v) is 11.9. The van der Waals surface area contributed by atoms with E-state index in [2.05, 4.69) is 0 Å². The highest BCUT2D eigenvalue weighted by Crippen LogP contribution is 2.27. The third kappa shape index (κ3) is 3.46. The third-order valence-electron chi connectivity index (χ3n) is 2.97. The molecule has 1 saturated heterocycles. The van der Waals surface area contributed by atoms with E-state index in [0.29, 0.717) is 19.7 Å². The Labute approximate surface area is 116 Å². The second-order valence-electron chi connectivity index (χ2n) is 4.43. The molecule has 2 unspecified atom stereocenters. The molecule has 1 heterocycles. The highest BCUT2D eigenvalue weighted by atomic mass is 35.5. The summed E-state index contributed by atoms with van der Waals surface area (Å²) in [5, 5.41) is 18.5. The van der Waals surface area contributed by atoms with Crippen molar-refractivity contribution in [2.75, 3.05) is 19.7 Å². The molecule has 104 valence electrons. The number of nitro groups is 1. The van der Waals surface area contributed by atoms with E-state index in [1.54, 1.807) is 6.92 Å². The molecule has 1 rings (SSSR count). The SMILES string of the molecule is CCN(CC1COC(C)C1)C(=N)C(Cl)(Cl)[N+](=O)[O-]. The molecule has 8 heteroatoms. The number of ether oxygens (including phenoxy) is 1. The first-order valence-corrected chi connectivity index (χ1v) is 6.52. The van der Waals surface area contributed by atoms with E-state index >= 15 is 0 Å². The van der Waals surface area contributed by atoms with Gasteiger partial charge in [0.1, 0.15) is 0 Å². The van der Waals surface area contributed by atoms with Crippen LogP contribution in [0.2, 0.25) is 0 Å². The Hall–Kier alpha value is -0.590.